The molecule has 0 radical (unpaired) electrons. The third-order valence-corrected chi connectivity index (χ3v) is 4.53. The molecular weight excluding hydrogens is 278 g/mol. The van der Waals surface area contributed by atoms with Crippen molar-refractivity contribution >= 4 is 0 Å². The van der Waals surface area contributed by atoms with E-state index in [1.807, 2.05) is 0 Å². The molecule has 1 heterocycles. The third-order valence-electron chi connectivity index (χ3n) is 4.53. The maximum atomic E-state index is 2.31. The molecule has 0 bridgehead atoms. The van der Waals surface area contributed by atoms with E-state index in [-0.39, 0.29) is 0 Å². The van der Waals surface area contributed by atoms with Crippen LogP contribution in [0.1, 0.15) is 22.3 Å². The van der Waals surface area contributed by atoms with Gasteiger partial charge in [-0.15, -0.1) is 0 Å². The lowest BCUT2D eigenvalue weighted by molar-refractivity contribution is -0.649. The molecule has 0 saturated carbocycles. The first-order valence-electron chi connectivity index (χ1n) is 8.11. The Morgan fingerprint density at radius 1 is 0.609 bits per heavy atom. The quantitative estimate of drug-likeness (QED) is 0.581. The Balaban J connectivity index is 2.26. The molecule has 2 aromatic carbocycles. The lowest BCUT2D eigenvalue weighted by atomic mass is 9.98. The second kappa shape index (κ2) is 6.00. The molecule has 0 amide bonds. The number of hydrogen-bond acceptors (Lipinski definition) is 0. The third kappa shape index (κ3) is 2.92. The van der Waals surface area contributed by atoms with Crippen molar-refractivity contribution < 1.29 is 4.57 Å². The standard InChI is InChI=1S/C22H24N/c1-15-10-11-20(18(4)12-15)22-14-16(2)13-21(23(22)5)19-9-7-6-8-17(19)3/h6-14H,1-5H3/q+1. The summed E-state index contributed by atoms with van der Waals surface area (Å²) in [5.74, 6) is 0. The molecule has 0 aliphatic heterocycles. The van der Waals surface area contributed by atoms with Gasteiger partial charge in [0.25, 0.3) is 0 Å². The SMILES string of the molecule is Cc1ccc(-c2cc(C)cc(-c3ccccc3C)[n+]2C)c(C)c1. The van der Waals surface area contributed by atoms with E-state index in [1.54, 1.807) is 0 Å². The van der Waals surface area contributed by atoms with Crippen LogP contribution < -0.4 is 4.57 Å². The summed E-state index contributed by atoms with van der Waals surface area (Å²) in [6.45, 7) is 8.69. The molecule has 116 valence electrons. The van der Waals surface area contributed by atoms with E-state index in [9.17, 15) is 0 Å². The minimum atomic E-state index is 1.26. The summed E-state index contributed by atoms with van der Waals surface area (Å²) in [6.07, 6.45) is 0. The predicted octanol–water partition coefficient (Wildman–Crippen LogP) is 5.08. The highest BCUT2D eigenvalue weighted by Crippen LogP contribution is 2.27. The van der Waals surface area contributed by atoms with Gasteiger partial charge in [-0.2, -0.15) is 4.57 Å². The average Bonchev–Trinajstić information content (AvgIpc) is 2.50. The van der Waals surface area contributed by atoms with Gasteiger partial charge < -0.3 is 0 Å². The fraction of sp³-hybridized carbons (Fsp3) is 0.227. The molecule has 0 N–H and O–H groups in total. The van der Waals surface area contributed by atoms with E-state index < -0.39 is 0 Å². The van der Waals surface area contributed by atoms with Gasteiger partial charge in [0, 0.05) is 23.3 Å². The molecule has 0 aliphatic carbocycles. The van der Waals surface area contributed by atoms with Crippen LogP contribution in [0.3, 0.4) is 0 Å². The van der Waals surface area contributed by atoms with Crippen LogP contribution in [0.5, 0.6) is 0 Å². The van der Waals surface area contributed by atoms with Gasteiger partial charge in [0.1, 0.15) is 7.05 Å². The van der Waals surface area contributed by atoms with Crippen LogP contribution in [0.25, 0.3) is 22.5 Å². The highest BCUT2D eigenvalue weighted by atomic mass is 14.9. The maximum absolute atomic E-state index is 2.31. The summed E-state index contributed by atoms with van der Waals surface area (Å²) in [5, 5.41) is 0. The highest BCUT2D eigenvalue weighted by Gasteiger charge is 2.19. The van der Waals surface area contributed by atoms with Crippen LogP contribution in [-0.4, -0.2) is 0 Å². The van der Waals surface area contributed by atoms with E-state index in [2.05, 4.69) is 93.9 Å². The van der Waals surface area contributed by atoms with Gasteiger partial charge in [0.05, 0.1) is 0 Å². The summed E-state index contributed by atoms with van der Waals surface area (Å²) in [7, 11) is 2.16. The minimum absolute atomic E-state index is 1.26. The molecule has 0 fully saturated rings. The summed E-state index contributed by atoms with van der Waals surface area (Å²) < 4.78 is 2.31. The fourth-order valence-corrected chi connectivity index (χ4v) is 3.27. The van der Waals surface area contributed by atoms with Crippen LogP contribution in [0, 0.1) is 27.7 Å². The van der Waals surface area contributed by atoms with Crippen LogP contribution in [0.2, 0.25) is 0 Å². The number of nitrogens with zero attached hydrogens (tertiary/aromatic N) is 1. The van der Waals surface area contributed by atoms with E-state index in [1.165, 1.54) is 44.8 Å². The first kappa shape index (κ1) is 15.5. The lowest BCUT2D eigenvalue weighted by Crippen LogP contribution is -2.34. The number of aromatic nitrogens is 1. The first-order valence-corrected chi connectivity index (χ1v) is 8.11. The molecule has 3 rings (SSSR count). The van der Waals surface area contributed by atoms with Crippen LogP contribution in [0.4, 0.5) is 0 Å². The minimum Gasteiger partial charge on any atom is -0.194 e. The van der Waals surface area contributed by atoms with Crippen LogP contribution in [0.15, 0.2) is 54.6 Å². The average molecular weight is 302 g/mol. The Morgan fingerprint density at radius 2 is 1.22 bits per heavy atom. The maximum Gasteiger partial charge on any atom is 0.213 e. The van der Waals surface area contributed by atoms with E-state index in [4.69, 9.17) is 0 Å². The number of rotatable bonds is 2. The highest BCUT2D eigenvalue weighted by molar-refractivity contribution is 5.66. The van der Waals surface area contributed by atoms with Gasteiger partial charge in [-0.1, -0.05) is 35.9 Å². The van der Waals surface area contributed by atoms with Gasteiger partial charge >= 0.3 is 0 Å². The van der Waals surface area contributed by atoms with E-state index in [0.717, 1.165) is 0 Å². The van der Waals surface area contributed by atoms with Crippen molar-refractivity contribution in [2.45, 2.75) is 27.7 Å². The van der Waals surface area contributed by atoms with Crippen LogP contribution in [-0.2, 0) is 7.05 Å². The van der Waals surface area contributed by atoms with Crippen molar-refractivity contribution in [1.29, 1.82) is 0 Å². The second-order valence-electron chi connectivity index (χ2n) is 6.50. The molecule has 0 aliphatic rings. The fourth-order valence-electron chi connectivity index (χ4n) is 3.27. The van der Waals surface area contributed by atoms with E-state index >= 15 is 0 Å². The van der Waals surface area contributed by atoms with Crippen molar-refractivity contribution in [3.05, 3.63) is 76.9 Å². The molecule has 1 nitrogen and oxygen atoms in total. The number of aryl methyl sites for hydroxylation is 4. The topological polar surface area (TPSA) is 3.88 Å². The molecule has 0 spiro atoms. The van der Waals surface area contributed by atoms with Gasteiger partial charge in [-0.25, -0.2) is 0 Å². The smallest absolute Gasteiger partial charge is 0.194 e. The van der Waals surface area contributed by atoms with Crippen molar-refractivity contribution in [1.82, 2.24) is 0 Å². The lowest BCUT2D eigenvalue weighted by Gasteiger charge is -2.11. The summed E-state index contributed by atoms with van der Waals surface area (Å²) >= 11 is 0. The van der Waals surface area contributed by atoms with Crippen molar-refractivity contribution in [3.63, 3.8) is 0 Å². The second-order valence-corrected chi connectivity index (χ2v) is 6.50. The summed E-state index contributed by atoms with van der Waals surface area (Å²) in [4.78, 5) is 0. The van der Waals surface area contributed by atoms with Crippen molar-refractivity contribution in [3.8, 4) is 22.5 Å². The zero-order valence-corrected chi connectivity index (χ0v) is 14.6. The van der Waals surface area contributed by atoms with Gasteiger partial charge in [0.2, 0.25) is 11.4 Å². The predicted molar refractivity (Wildman–Crippen MR) is 97.4 cm³/mol. The summed E-state index contributed by atoms with van der Waals surface area (Å²) in [6, 6.07) is 19.8. The molecule has 3 aromatic rings. The Morgan fingerprint density at radius 3 is 1.83 bits per heavy atom. The van der Waals surface area contributed by atoms with Gasteiger partial charge in [0.15, 0.2) is 0 Å². The zero-order valence-electron chi connectivity index (χ0n) is 14.6. The van der Waals surface area contributed by atoms with Gasteiger partial charge in [-0.3, -0.25) is 0 Å². The first-order chi connectivity index (χ1) is 11.0. The zero-order chi connectivity index (χ0) is 16.6. The molecule has 1 aromatic heterocycles. The molecule has 0 unspecified atom stereocenters. The number of pyridine rings is 1. The Labute approximate surface area is 139 Å². The van der Waals surface area contributed by atoms with Crippen molar-refractivity contribution in [2.24, 2.45) is 7.05 Å². The van der Waals surface area contributed by atoms with E-state index in [0.29, 0.717) is 0 Å². The number of benzene rings is 2. The van der Waals surface area contributed by atoms with Crippen LogP contribution >= 0.6 is 0 Å². The Bertz CT molecular complexity index is 875. The molecule has 0 saturated heterocycles. The monoisotopic (exact) mass is 302 g/mol. The molecule has 0 atom stereocenters. The summed E-state index contributed by atoms with van der Waals surface area (Å²) in [5.41, 5.74) is 10.3. The Kier molecular flexibility index (Phi) is 4.04. The largest absolute Gasteiger partial charge is 0.213 e. The number of hydrogen-bond donors (Lipinski definition) is 0. The van der Waals surface area contributed by atoms with Gasteiger partial charge in [-0.05, 0) is 56.5 Å². The molecule has 1 heteroatoms. The normalized spacial score (nSPS) is 10.8. The van der Waals surface area contributed by atoms with Crippen molar-refractivity contribution in [2.75, 3.05) is 0 Å². The molecule has 23 heavy (non-hydrogen) atoms. The Hall–Kier alpha value is -2.41. The molecular formula is C22H24N+.